The van der Waals surface area contributed by atoms with Gasteiger partial charge < -0.3 is 15.8 Å². The molecule has 1 atom stereocenters. The van der Waals surface area contributed by atoms with Crippen LogP contribution in [0.5, 0.6) is 5.75 Å². The molecule has 0 bridgehead atoms. The van der Waals surface area contributed by atoms with Gasteiger partial charge in [-0.15, -0.1) is 12.4 Å². The lowest BCUT2D eigenvalue weighted by molar-refractivity contribution is -0.119. The molecule has 1 unspecified atom stereocenters. The zero-order valence-electron chi connectivity index (χ0n) is 14.2. The van der Waals surface area contributed by atoms with Crippen LogP contribution in [0, 0.1) is 11.7 Å². The number of hydrogen-bond acceptors (Lipinski definition) is 3. The molecule has 25 heavy (non-hydrogen) atoms. The molecule has 0 aliphatic carbocycles. The number of anilines is 1. The van der Waals surface area contributed by atoms with E-state index in [0.29, 0.717) is 26.0 Å². The second-order valence-electron chi connectivity index (χ2n) is 5.72. The SMILES string of the molecule is CC(CCc1cccc(F)c1)C(=O)Nc1ccc(OCCN)cc1.Cl. The van der Waals surface area contributed by atoms with Gasteiger partial charge in [-0.1, -0.05) is 19.1 Å². The number of nitrogens with one attached hydrogen (secondary N) is 1. The number of amides is 1. The molecule has 0 heterocycles. The summed E-state index contributed by atoms with van der Waals surface area (Å²) in [7, 11) is 0. The standard InChI is InChI=1S/C19H23FN2O2.ClH/c1-14(5-6-15-3-2-4-16(20)13-15)19(23)22-17-7-9-18(10-8-17)24-12-11-21;/h2-4,7-10,13-14H,5-6,11-12,21H2,1H3,(H,22,23);1H. The van der Waals surface area contributed by atoms with Gasteiger partial charge in [0.2, 0.25) is 5.91 Å². The molecule has 2 aromatic rings. The van der Waals surface area contributed by atoms with E-state index in [9.17, 15) is 9.18 Å². The average Bonchev–Trinajstić information content (AvgIpc) is 2.59. The van der Waals surface area contributed by atoms with E-state index in [0.717, 1.165) is 17.0 Å². The average molecular weight is 367 g/mol. The highest BCUT2D eigenvalue weighted by molar-refractivity contribution is 5.92. The number of aryl methyl sites for hydroxylation is 1. The van der Waals surface area contributed by atoms with Crippen molar-refractivity contribution >= 4 is 24.0 Å². The topological polar surface area (TPSA) is 64.3 Å². The van der Waals surface area contributed by atoms with Gasteiger partial charge in [0.25, 0.3) is 0 Å². The molecule has 0 aromatic heterocycles. The van der Waals surface area contributed by atoms with Crippen molar-refractivity contribution in [3.63, 3.8) is 0 Å². The van der Waals surface area contributed by atoms with Gasteiger partial charge in [-0.25, -0.2) is 4.39 Å². The highest BCUT2D eigenvalue weighted by Gasteiger charge is 2.13. The van der Waals surface area contributed by atoms with Gasteiger partial charge in [-0.2, -0.15) is 0 Å². The van der Waals surface area contributed by atoms with Crippen molar-refractivity contribution in [2.45, 2.75) is 19.8 Å². The van der Waals surface area contributed by atoms with Crippen LogP contribution in [0.4, 0.5) is 10.1 Å². The zero-order chi connectivity index (χ0) is 17.4. The Balaban J connectivity index is 0.00000312. The van der Waals surface area contributed by atoms with Crippen LogP contribution in [0.3, 0.4) is 0 Å². The first-order chi connectivity index (χ1) is 11.6. The summed E-state index contributed by atoms with van der Waals surface area (Å²) >= 11 is 0. The Labute approximate surface area is 154 Å². The van der Waals surface area contributed by atoms with Crippen LogP contribution < -0.4 is 15.8 Å². The van der Waals surface area contributed by atoms with Crippen molar-refractivity contribution in [3.05, 3.63) is 59.9 Å². The van der Waals surface area contributed by atoms with Crippen molar-refractivity contribution in [2.75, 3.05) is 18.5 Å². The third-order valence-corrected chi connectivity index (χ3v) is 3.71. The van der Waals surface area contributed by atoms with E-state index >= 15 is 0 Å². The van der Waals surface area contributed by atoms with Gasteiger partial charge in [0.1, 0.15) is 18.2 Å². The fourth-order valence-corrected chi connectivity index (χ4v) is 2.28. The lowest BCUT2D eigenvalue weighted by Gasteiger charge is -2.13. The first-order valence-electron chi connectivity index (χ1n) is 8.06. The summed E-state index contributed by atoms with van der Waals surface area (Å²) in [5, 5.41) is 2.88. The minimum Gasteiger partial charge on any atom is -0.492 e. The van der Waals surface area contributed by atoms with Crippen LogP contribution in [-0.4, -0.2) is 19.1 Å². The molecule has 2 rings (SSSR count). The number of halogens is 2. The van der Waals surface area contributed by atoms with Crippen molar-refractivity contribution in [1.82, 2.24) is 0 Å². The van der Waals surface area contributed by atoms with Gasteiger partial charge in [-0.3, -0.25) is 4.79 Å². The molecule has 4 nitrogen and oxygen atoms in total. The fourth-order valence-electron chi connectivity index (χ4n) is 2.28. The van der Waals surface area contributed by atoms with E-state index in [4.69, 9.17) is 10.5 Å². The van der Waals surface area contributed by atoms with Crippen molar-refractivity contribution < 1.29 is 13.9 Å². The van der Waals surface area contributed by atoms with Crippen molar-refractivity contribution in [2.24, 2.45) is 11.7 Å². The number of hydrogen-bond donors (Lipinski definition) is 2. The molecule has 136 valence electrons. The van der Waals surface area contributed by atoms with Crippen LogP contribution in [0.1, 0.15) is 18.9 Å². The quantitative estimate of drug-likeness (QED) is 0.747. The minimum absolute atomic E-state index is 0. The van der Waals surface area contributed by atoms with Gasteiger partial charge in [-0.05, 0) is 54.8 Å². The molecule has 2 aromatic carbocycles. The number of carbonyl (C=O) groups excluding carboxylic acids is 1. The Morgan fingerprint density at radius 3 is 2.60 bits per heavy atom. The summed E-state index contributed by atoms with van der Waals surface area (Å²) in [5.74, 6) is 0.252. The Hall–Kier alpha value is -2.11. The lowest BCUT2D eigenvalue weighted by atomic mass is 10.00. The van der Waals surface area contributed by atoms with Gasteiger partial charge >= 0.3 is 0 Å². The minimum atomic E-state index is -0.249. The van der Waals surface area contributed by atoms with E-state index < -0.39 is 0 Å². The van der Waals surface area contributed by atoms with E-state index in [1.807, 2.05) is 13.0 Å². The van der Waals surface area contributed by atoms with E-state index in [2.05, 4.69) is 5.32 Å². The molecule has 6 heteroatoms. The molecule has 0 fully saturated rings. The highest BCUT2D eigenvalue weighted by Crippen LogP contribution is 2.17. The Morgan fingerprint density at radius 1 is 1.24 bits per heavy atom. The second kappa shape index (κ2) is 10.7. The Bertz CT molecular complexity index is 665. The van der Waals surface area contributed by atoms with Crippen LogP contribution >= 0.6 is 12.4 Å². The van der Waals surface area contributed by atoms with Gasteiger partial charge in [0.05, 0.1) is 0 Å². The third-order valence-electron chi connectivity index (χ3n) is 3.71. The third kappa shape index (κ3) is 7.11. The summed E-state index contributed by atoms with van der Waals surface area (Å²) in [6.07, 6.45) is 1.32. The van der Waals surface area contributed by atoms with Crippen molar-refractivity contribution in [1.29, 1.82) is 0 Å². The van der Waals surface area contributed by atoms with Gasteiger partial charge in [0, 0.05) is 18.2 Å². The first-order valence-corrected chi connectivity index (χ1v) is 8.06. The van der Waals surface area contributed by atoms with Crippen LogP contribution in [0.25, 0.3) is 0 Å². The molecule has 0 saturated heterocycles. The number of carbonyl (C=O) groups is 1. The summed E-state index contributed by atoms with van der Waals surface area (Å²) in [6.45, 7) is 2.79. The molecule has 0 radical (unpaired) electrons. The molecule has 0 spiro atoms. The fraction of sp³-hybridized carbons (Fsp3) is 0.316. The first kappa shape index (κ1) is 20.9. The molecular formula is C19H24ClFN2O2. The zero-order valence-corrected chi connectivity index (χ0v) is 15.0. The van der Waals surface area contributed by atoms with E-state index in [1.165, 1.54) is 12.1 Å². The van der Waals surface area contributed by atoms with Crippen molar-refractivity contribution in [3.8, 4) is 5.75 Å². The predicted octanol–water partition coefficient (Wildman–Crippen LogP) is 3.79. The molecule has 0 aliphatic rings. The molecule has 1 amide bonds. The Morgan fingerprint density at radius 2 is 1.96 bits per heavy atom. The summed E-state index contributed by atoms with van der Waals surface area (Å²) in [6, 6.07) is 13.7. The molecule has 0 aliphatic heterocycles. The maximum atomic E-state index is 13.2. The van der Waals surface area contributed by atoms with Gasteiger partial charge in [0.15, 0.2) is 0 Å². The monoisotopic (exact) mass is 366 g/mol. The second-order valence-corrected chi connectivity index (χ2v) is 5.72. The predicted molar refractivity (Wildman–Crippen MR) is 101 cm³/mol. The smallest absolute Gasteiger partial charge is 0.227 e. The van der Waals surface area contributed by atoms with E-state index in [1.54, 1.807) is 30.3 Å². The maximum absolute atomic E-state index is 13.2. The normalized spacial score (nSPS) is 11.3. The molecule has 3 N–H and O–H groups in total. The maximum Gasteiger partial charge on any atom is 0.227 e. The number of benzene rings is 2. The van der Waals surface area contributed by atoms with Crippen LogP contribution in [-0.2, 0) is 11.2 Å². The number of nitrogens with two attached hydrogens (primary N) is 1. The molecule has 0 saturated carbocycles. The van der Waals surface area contributed by atoms with Crippen LogP contribution in [0.15, 0.2) is 48.5 Å². The number of ether oxygens (including phenoxy) is 1. The van der Waals surface area contributed by atoms with E-state index in [-0.39, 0.29) is 30.0 Å². The largest absolute Gasteiger partial charge is 0.492 e. The molecular weight excluding hydrogens is 343 g/mol. The summed E-state index contributed by atoms with van der Waals surface area (Å²) in [5.41, 5.74) is 7.00. The Kier molecular flexibility index (Phi) is 8.95. The summed E-state index contributed by atoms with van der Waals surface area (Å²) < 4.78 is 18.5. The van der Waals surface area contributed by atoms with Crippen LogP contribution in [0.2, 0.25) is 0 Å². The highest BCUT2D eigenvalue weighted by atomic mass is 35.5. The number of rotatable bonds is 8. The lowest BCUT2D eigenvalue weighted by Crippen LogP contribution is -2.20. The summed E-state index contributed by atoms with van der Waals surface area (Å²) in [4.78, 5) is 12.2.